The van der Waals surface area contributed by atoms with Crippen LogP contribution in [0.2, 0.25) is 0 Å². The van der Waals surface area contributed by atoms with E-state index in [1.54, 1.807) is 0 Å². The Labute approximate surface area is 113 Å². The number of nitrogens with one attached hydrogen (secondary N) is 1. The second-order valence-corrected chi connectivity index (χ2v) is 4.59. The first-order valence-corrected chi connectivity index (χ1v) is 6.52. The minimum absolute atomic E-state index is 0.158. The average Bonchev–Trinajstić information content (AvgIpc) is 2.42. The van der Waals surface area contributed by atoms with Gasteiger partial charge in [0.1, 0.15) is 24.3 Å². The standard InChI is InChI=1S/C14H22FNO3/c1-11(3-2-8-17)16-9-13(18)10-19-14-6-4-12(15)5-7-14/h4-7,11,13,16-18H,2-3,8-10H2,1H3. The molecule has 2 unspecified atom stereocenters. The molecule has 0 radical (unpaired) electrons. The van der Waals surface area contributed by atoms with E-state index < -0.39 is 6.10 Å². The van der Waals surface area contributed by atoms with Gasteiger partial charge in [0, 0.05) is 19.2 Å². The molecule has 0 bridgehead atoms. The lowest BCUT2D eigenvalue weighted by Gasteiger charge is -2.17. The zero-order valence-electron chi connectivity index (χ0n) is 11.2. The van der Waals surface area contributed by atoms with Gasteiger partial charge in [0.25, 0.3) is 0 Å². The van der Waals surface area contributed by atoms with Gasteiger partial charge in [0.2, 0.25) is 0 Å². The Bertz CT molecular complexity index is 345. The van der Waals surface area contributed by atoms with Gasteiger partial charge in [-0.25, -0.2) is 4.39 Å². The lowest BCUT2D eigenvalue weighted by Crippen LogP contribution is -2.36. The largest absolute Gasteiger partial charge is 0.491 e. The Morgan fingerprint density at radius 3 is 2.63 bits per heavy atom. The van der Waals surface area contributed by atoms with E-state index in [9.17, 15) is 9.50 Å². The van der Waals surface area contributed by atoms with Crippen LogP contribution in [-0.2, 0) is 0 Å². The summed E-state index contributed by atoms with van der Waals surface area (Å²) < 4.78 is 18.0. The number of benzene rings is 1. The van der Waals surface area contributed by atoms with E-state index in [1.807, 2.05) is 6.92 Å². The highest BCUT2D eigenvalue weighted by atomic mass is 19.1. The van der Waals surface area contributed by atoms with Gasteiger partial charge >= 0.3 is 0 Å². The van der Waals surface area contributed by atoms with Crippen molar-refractivity contribution in [3.63, 3.8) is 0 Å². The molecular weight excluding hydrogens is 249 g/mol. The Kier molecular flexibility index (Phi) is 7.40. The molecule has 0 amide bonds. The number of hydrogen-bond donors (Lipinski definition) is 3. The molecule has 2 atom stereocenters. The average molecular weight is 271 g/mol. The molecule has 0 saturated carbocycles. The van der Waals surface area contributed by atoms with E-state index in [0.29, 0.717) is 12.3 Å². The molecule has 0 saturated heterocycles. The minimum atomic E-state index is -0.623. The maximum absolute atomic E-state index is 12.7. The molecule has 3 N–H and O–H groups in total. The third kappa shape index (κ3) is 7.10. The van der Waals surface area contributed by atoms with Gasteiger partial charge in [-0.3, -0.25) is 0 Å². The van der Waals surface area contributed by atoms with E-state index >= 15 is 0 Å². The van der Waals surface area contributed by atoms with E-state index in [1.165, 1.54) is 24.3 Å². The van der Waals surface area contributed by atoms with Crippen molar-refractivity contribution in [2.24, 2.45) is 0 Å². The van der Waals surface area contributed by atoms with Crippen molar-refractivity contribution < 1.29 is 19.3 Å². The van der Waals surface area contributed by atoms with E-state index in [4.69, 9.17) is 9.84 Å². The summed E-state index contributed by atoms with van der Waals surface area (Å²) in [5, 5.41) is 21.6. The van der Waals surface area contributed by atoms with Crippen LogP contribution >= 0.6 is 0 Å². The van der Waals surface area contributed by atoms with Crippen molar-refractivity contribution in [1.29, 1.82) is 0 Å². The van der Waals surface area contributed by atoms with Gasteiger partial charge < -0.3 is 20.3 Å². The van der Waals surface area contributed by atoms with Crippen LogP contribution in [0, 0.1) is 5.82 Å². The second-order valence-electron chi connectivity index (χ2n) is 4.59. The van der Waals surface area contributed by atoms with Crippen molar-refractivity contribution >= 4 is 0 Å². The monoisotopic (exact) mass is 271 g/mol. The molecule has 19 heavy (non-hydrogen) atoms. The highest BCUT2D eigenvalue weighted by Crippen LogP contribution is 2.11. The summed E-state index contributed by atoms with van der Waals surface area (Å²) in [5.74, 6) is 0.223. The molecule has 5 heteroatoms. The van der Waals surface area contributed by atoms with Crippen LogP contribution in [0.3, 0.4) is 0 Å². The highest BCUT2D eigenvalue weighted by molar-refractivity contribution is 5.22. The van der Waals surface area contributed by atoms with Crippen molar-refractivity contribution in [3.8, 4) is 5.75 Å². The lowest BCUT2D eigenvalue weighted by atomic mass is 10.2. The molecule has 0 aliphatic carbocycles. The zero-order chi connectivity index (χ0) is 14.1. The fraction of sp³-hybridized carbons (Fsp3) is 0.571. The molecule has 0 aromatic heterocycles. The van der Waals surface area contributed by atoms with Crippen LogP contribution in [-0.4, -0.2) is 42.1 Å². The highest BCUT2D eigenvalue weighted by Gasteiger charge is 2.08. The summed E-state index contributed by atoms with van der Waals surface area (Å²) in [6.07, 6.45) is 0.986. The van der Waals surface area contributed by atoms with Crippen LogP contribution < -0.4 is 10.1 Å². The Balaban J connectivity index is 2.17. The van der Waals surface area contributed by atoms with Gasteiger partial charge in [-0.05, 0) is 44.0 Å². The fourth-order valence-corrected chi connectivity index (χ4v) is 1.62. The van der Waals surface area contributed by atoms with E-state index in [-0.39, 0.29) is 25.1 Å². The SMILES string of the molecule is CC(CCCO)NCC(O)COc1ccc(F)cc1. The fourth-order valence-electron chi connectivity index (χ4n) is 1.62. The predicted octanol–water partition coefficient (Wildman–Crippen LogP) is 1.32. The third-order valence-corrected chi connectivity index (χ3v) is 2.75. The van der Waals surface area contributed by atoms with Crippen LogP contribution in [0.5, 0.6) is 5.75 Å². The normalized spacial score (nSPS) is 14.1. The molecule has 0 aliphatic heterocycles. The molecule has 4 nitrogen and oxygen atoms in total. The smallest absolute Gasteiger partial charge is 0.123 e. The van der Waals surface area contributed by atoms with Crippen LogP contribution in [0.4, 0.5) is 4.39 Å². The first-order chi connectivity index (χ1) is 9.11. The van der Waals surface area contributed by atoms with Crippen LogP contribution in [0.25, 0.3) is 0 Å². The van der Waals surface area contributed by atoms with Crippen molar-refractivity contribution in [2.45, 2.75) is 31.9 Å². The first-order valence-electron chi connectivity index (χ1n) is 6.52. The van der Waals surface area contributed by atoms with Gasteiger partial charge in [0.15, 0.2) is 0 Å². The number of aliphatic hydroxyl groups excluding tert-OH is 2. The van der Waals surface area contributed by atoms with E-state index in [0.717, 1.165) is 12.8 Å². The molecule has 1 aromatic rings. The summed E-state index contributed by atoms with van der Waals surface area (Å²) in [5.41, 5.74) is 0. The number of halogens is 1. The predicted molar refractivity (Wildman–Crippen MR) is 71.7 cm³/mol. The summed E-state index contributed by atoms with van der Waals surface area (Å²) in [4.78, 5) is 0. The maximum Gasteiger partial charge on any atom is 0.123 e. The maximum atomic E-state index is 12.7. The Morgan fingerprint density at radius 1 is 1.32 bits per heavy atom. The van der Waals surface area contributed by atoms with Gasteiger partial charge in [-0.2, -0.15) is 0 Å². The molecule has 0 heterocycles. The summed E-state index contributed by atoms with van der Waals surface area (Å²) in [6, 6.07) is 5.93. The zero-order valence-corrected chi connectivity index (χ0v) is 11.2. The van der Waals surface area contributed by atoms with Crippen LogP contribution in [0.1, 0.15) is 19.8 Å². The Hall–Kier alpha value is -1.17. The van der Waals surface area contributed by atoms with Gasteiger partial charge in [-0.15, -0.1) is 0 Å². The first kappa shape index (κ1) is 15.9. The number of rotatable bonds is 9. The number of aliphatic hydroxyl groups is 2. The minimum Gasteiger partial charge on any atom is -0.491 e. The lowest BCUT2D eigenvalue weighted by molar-refractivity contribution is 0.103. The molecule has 1 aromatic carbocycles. The number of ether oxygens (including phenoxy) is 1. The molecule has 0 aliphatic rings. The number of hydrogen-bond acceptors (Lipinski definition) is 4. The molecule has 0 fully saturated rings. The topological polar surface area (TPSA) is 61.7 Å². The van der Waals surface area contributed by atoms with Crippen molar-refractivity contribution in [3.05, 3.63) is 30.1 Å². The van der Waals surface area contributed by atoms with Gasteiger partial charge in [-0.1, -0.05) is 0 Å². The Morgan fingerprint density at radius 2 is 2.00 bits per heavy atom. The second kappa shape index (κ2) is 8.85. The van der Waals surface area contributed by atoms with E-state index in [2.05, 4.69) is 5.32 Å². The molecule has 108 valence electrons. The summed E-state index contributed by atoms with van der Waals surface area (Å²) in [6.45, 7) is 2.77. The molecule has 1 rings (SSSR count). The molecule has 0 spiro atoms. The van der Waals surface area contributed by atoms with Crippen LogP contribution in [0.15, 0.2) is 24.3 Å². The summed E-state index contributed by atoms with van der Waals surface area (Å²) in [7, 11) is 0. The van der Waals surface area contributed by atoms with Gasteiger partial charge in [0.05, 0.1) is 0 Å². The third-order valence-electron chi connectivity index (χ3n) is 2.75. The quantitative estimate of drug-likeness (QED) is 0.634. The van der Waals surface area contributed by atoms with Crippen molar-refractivity contribution in [1.82, 2.24) is 5.32 Å². The van der Waals surface area contributed by atoms with Crippen molar-refractivity contribution in [2.75, 3.05) is 19.8 Å². The molecular formula is C14H22FNO3. The summed E-state index contributed by atoms with van der Waals surface area (Å²) >= 11 is 0.